The van der Waals surface area contributed by atoms with E-state index in [4.69, 9.17) is 5.41 Å². The summed E-state index contributed by atoms with van der Waals surface area (Å²) < 4.78 is 1.07. The fourth-order valence-corrected chi connectivity index (χ4v) is 2.18. The van der Waals surface area contributed by atoms with Gasteiger partial charge in [0.2, 0.25) is 0 Å². The summed E-state index contributed by atoms with van der Waals surface area (Å²) in [7, 11) is 0. The zero-order chi connectivity index (χ0) is 11.4. The SMILES string of the molecule is C=CCc1[nH]c(CC(C)C)[c]([Pd])c1C=N. The molecule has 0 aromatic carbocycles. The van der Waals surface area contributed by atoms with E-state index < -0.39 is 0 Å². The van der Waals surface area contributed by atoms with Crippen molar-refractivity contribution in [3.8, 4) is 0 Å². The molecular weight excluding hydrogens is 279 g/mol. The first-order valence-corrected chi connectivity index (χ1v) is 5.85. The Kier molecular flexibility index (Phi) is 4.50. The van der Waals surface area contributed by atoms with Gasteiger partial charge in [0.15, 0.2) is 0 Å². The summed E-state index contributed by atoms with van der Waals surface area (Å²) in [6.07, 6.45) is 5.05. The molecule has 2 N–H and O–H groups in total. The molecule has 85 valence electrons. The molecule has 1 aromatic heterocycles. The van der Waals surface area contributed by atoms with Crippen molar-refractivity contribution >= 4 is 10.3 Å². The first-order valence-electron chi connectivity index (χ1n) is 5.07. The van der Waals surface area contributed by atoms with Gasteiger partial charge < -0.3 is 0 Å². The van der Waals surface area contributed by atoms with Gasteiger partial charge in [0.05, 0.1) is 0 Å². The van der Waals surface area contributed by atoms with Crippen molar-refractivity contribution in [3.05, 3.63) is 29.6 Å². The van der Waals surface area contributed by atoms with Gasteiger partial charge in [-0.3, -0.25) is 0 Å². The van der Waals surface area contributed by atoms with E-state index in [1.165, 1.54) is 11.9 Å². The van der Waals surface area contributed by atoms with Gasteiger partial charge in [0.1, 0.15) is 0 Å². The van der Waals surface area contributed by atoms with Crippen LogP contribution in [0.2, 0.25) is 0 Å². The Morgan fingerprint density at radius 3 is 2.60 bits per heavy atom. The molecule has 0 bridgehead atoms. The Bertz CT molecular complexity index is 364. The molecule has 0 unspecified atom stereocenters. The zero-order valence-electron chi connectivity index (χ0n) is 9.17. The second-order valence-electron chi connectivity index (χ2n) is 4.01. The van der Waals surface area contributed by atoms with E-state index in [-0.39, 0.29) is 0 Å². The number of allylic oxidation sites excluding steroid dienone is 1. The van der Waals surface area contributed by atoms with Crippen LogP contribution in [-0.4, -0.2) is 11.2 Å². The fourth-order valence-electron chi connectivity index (χ4n) is 1.58. The van der Waals surface area contributed by atoms with Crippen molar-refractivity contribution in [2.75, 3.05) is 0 Å². The van der Waals surface area contributed by atoms with E-state index in [0.717, 1.165) is 28.1 Å². The molecular formula is C12H17N2Pd. The van der Waals surface area contributed by atoms with Gasteiger partial charge in [-0.15, -0.1) is 0 Å². The molecule has 1 aromatic rings. The van der Waals surface area contributed by atoms with Gasteiger partial charge in [-0.1, -0.05) is 0 Å². The van der Waals surface area contributed by atoms with Crippen molar-refractivity contribution in [3.63, 3.8) is 0 Å². The summed E-state index contributed by atoms with van der Waals surface area (Å²) >= 11 is 3.25. The van der Waals surface area contributed by atoms with Crippen molar-refractivity contribution in [2.24, 2.45) is 5.92 Å². The zero-order valence-corrected chi connectivity index (χ0v) is 10.7. The van der Waals surface area contributed by atoms with Crippen molar-refractivity contribution in [1.29, 1.82) is 5.41 Å². The quantitative estimate of drug-likeness (QED) is 0.474. The minimum absolute atomic E-state index is 0.613. The van der Waals surface area contributed by atoms with Gasteiger partial charge in [0.25, 0.3) is 0 Å². The third-order valence-corrected chi connectivity index (χ3v) is 3.09. The topological polar surface area (TPSA) is 39.6 Å². The number of aromatic amines is 1. The number of nitrogens with one attached hydrogen (secondary N) is 2. The van der Waals surface area contributed by atoms with Crippen LogP contribution in [0.5, 0.6) is 0 Å². The summed E-state index contributed by atoms with van der Waals surface area (Å²) in [4.78, 5) is 3.37. The first-order chi connectivity index (χ1) is 7.10. The van der Waals surface area contributed by atoms with Crippen molar-refractivity contribution in [1.82, 2.24) is 4.98 Å². The van der Waals surface area contributed by atoms with Crippen LogP contribution in [0.1, 0.15) is 30.8 Å². The maximum atomic E-state index is 7.40. The Balaban J connectivity index is 3.08. The fraction of sp³-hybridized carbons (Fsp3) is 0.417. The van der Waals surface area contributed by atoms with Crippen molar-refractivity contribution < 1.29 is 19.2 Å². The maximum absolute atomic E-state index is 7.40. The molecule has 0 radical (unpaired) electrons. The number of H-pyrrole nitrogens is 1. The average Bonchev–Trinajstić information content (AvgIpc) is 2.43. The standard InChI is InChI=1S/C12H17N2.Pd/c1-4-5-12-10(8-13)7-11(14-12)6-9(2)3;/h4,8-9,13-14H,1,5-6H2,2-3H3;. The molecule has 0 saturated heterocycles. The van der Waals surface area contributed by atoms with Gasteiger partial charge >= 0.3 is 102 Å². The van der Waals surface area contributed by atoms with Crippen LogP contribution in [0.4, 0.5) is 0 Å². The Morgan fingerprint density at radius 1 is 1.47 bits per heavy atom. The number of hydrogen-bond donors (Lipinski definition) is 2. The van der Waals surface area contributed by atoms with Crippen molar-refractivity contribution in [2.45, 2.75) is 26.7 Å². The van der Waals surface area contributed by atoms with E-state index in [0.29, 0.717) is 5.92 Å². The Morgan fingerprint density at radius 2 is 2.13 bits per heavy atom. The predicted octanol–water partition coefficient (Wildman–Crippen LogP) is 2.11. The van der Waals surface area contributed by atoms with Crippen LogP contribution < -0.4 is 4.04 Å². The molecule has 0 atom stereocenters. The molecule has 0 aliphatic heterocycles. The summed E-state index contributed by atoms with van der Waals surface area (Å²) in [5.74, 6) is 0.613. The van der Waals surface area contributed by atoms with Crippen LogP contribution in [0.15, 0.2) is 12.7 Å². The normalized spacial score (nSPS) is 10.7. The van der Waals surface area contributed by atoms with Gasteiger partial charge in [0, 0.05) is 0 Å². The Hall–Kier alpha value is -0.648. The first kappa shape index (κ1) is 12.4. The van der Waals surface area contributed by atoms with Gasteiger partial charge in [-0.2, -0.15) is 0 Å². The Labute approximate surface area is 102 Å². The van der Waals surface area contributed by atoms with Crippen LogP contribution in [0.3, 0.4) is 0 Å². The van der Waals surface area contributed by atoms with E-state index in [9.17, 15) is 0 Å². The molecule has 3 heteroatoms. The predicted molar refractivity (Wildman–Crippen MR) is 60.8 cm³/mol. The molecule has 0 aliphatic carbocycles. The third-order valence-electron chi connectivity index (χ3n) is 2.20. The summed E-state index contributed by atoms with van der Waals surface area (Å²) in [5, 5.41) is 7.40. The third kappa shape index (κ3) is 2.90. The van der Waals surface area contributed by atoms with Crippen LogP contribution >= 0.6 is 0 Å². The molecule has 0 amide bonds. The summed E-state index contributed by atoms with van der Waals surface area (Å²) in [5.41, 5.74) is 3.24. The molecule has 0 aliphatic rings. The van der Waals surface area contributed by atoms with Crippen LogP contribution in [0.25, 0.3) is 0 Å². The molecule has 2 nitrogen and oxygen atoms in total. The molecule has 15 heavy (non-hydrogen) atoms. The summed E-state index contributed by atoms with van der Waals surface area (Å²) in [6, 6.07) is 0. The molecule has 1 heterocycles. The van der Waals surface area contributed by atoms with Crippen LogP contribution in [0, 0.1) is 11.3 Å². The number of rotatable bonds is 5. The number of aromatic nitrogens is 1. The molecule has 0 spiro atoms. The average molecular weight is 296 g/mol. The minimum atomic E-state index is 0.613. The van der Waals surface area contributed by atoms with Gasteiger partial charge in [-0.25, -0.2) is 0 Å². The second-order valence-corrected chi connectivity index (χ2v) is 4.79. The molecule has 1 rings (SSSR count). The number of hydrogen-bond acceptors (Lipinski definition) is 1. The van der Waals surface area contributed by atoms with Crippen LogP contribution in [-0.2, 0) is 32.0 Å². The van der Waals surface area contributed by atoms with Gasteiger partial charge in [-0.05, 0) is 0 Å². The van der Waals surface area contributed by atoms with E-state index in [1.54, 1.807) is 0 Å². The molecule has 0 fully saturated rings. The summed E-state index contributed by atoms with van der Waals surface area (Å²) in [6.45, 7) is 8.10. The van der Waals surface area contributed by atoms with E-state index >= 15 is 0 Å². The van der Waals surface area contributed by atoms with E-state index in [2.05, 4.69) is 44.6 Å². The second kappa shape index (κ2) is 5.44. The monoisotopic (exact) mass is 295 g/mol. The molecule has 0 saturated carbocycles. The van der Waals surface area contributed by atoms with E-state index in [1.807, 2.05) is 6.08 Å².